The fourth-order valence-electron chi connectivity index (χ4n) is 2.92. The van der Waals surface area contributed by atoms with Gasteiger partial charge in [-0.3, -0.25) is 0 Å². The summed E-state index contributed by atoms with van der Waals surface area (Å²) in [6.45, 7) is 2.17. The number of pyridine rings is 1. The lowest BCUT2D eigenvalue weighted by Crippen LogP contribution is -2.46. The van der Waals surface area contributed by atoms with Gasteiger partial charge in [-0.2, -0.15) is 18.4 Å². The van der Waals surface area contributed by atoms with Gasteiger partial charge in [-0.1, -0.05) is 13.0 Å². The van der Waals surface area contributed by atoms with Gasteiger partial charge in [-0.15, -0.1) is 0 Å². The molecule has 0 aliphatic carbocycles. The number of hydrogen-bond donors (Lipinski definition) is 0. The standard InChI is InChI=1S/C15H15F5N2O2/c1-7-11(10(6-21)24-14(7,2)15(18,19)20)8-4-5-9(12(16)17)22-13(8)23-3/h4-5,7,10-12H,1-3H3/t7-,10?,11-,14+/m0/s1. The molecule has 1 aromatic heterocycles. The molecule has 4 nitrogen and oxygen atoms in total. The van der Waals surface area contributed by atoms with Crippen LogP contribution in [0.1, 0.15) is 37.4 Å². The normalized spacial score (nSPS) is 30.4. The topological polar surface area (TPSA) is 55.1 Å². The van der Waals surface area contributed by atoms with Crippen molar-refractivity contribution in [2.45, 2.75) is 44.1 Å². The first kappa shape index (κ1) is 18.4. The van der Waals surface area contributed by atoms with Gasteiger partial charge in [0.1, 0.15) is 5.69 Å². The van der Waals surface area contributed by atoms with E-state index in [0.29, 0.717) is 0 Å². The van der Waals surface area contributed by atoms with Gasteiger partial charge in [0.05, 0.1) is 13.2 Å². The third-order valence-corrected chi connectivity index (χ3v) is 4.48. The van der Waals surface area contributed by atoms with Gasteiger partial charge < -0.3 is 9.47 Å². The van der Waals surface area contributed by atoms with Gasteiger partial charge in [-0.05, 0) is 13.0 Å². The molecule has 132 valence electrons. The van der Waals surface area contributed by atoms with Gasteiger partial charge in [-0.25, -0.2) is 13.8 Å². The van der Waals surface area contributed by atoms with Crippen LogP contribution < -0.4 is 4.74 Å². The molecule has 1 saturated heterocycles. The highest BCUT2D eigenvalue weighted by Gasteiger charge is 2.64. The van der Waals surface area contributed by atoms with Crippen LogP contribution in [0.15, 0.2) is 12.1 Å². The molecular weight excluding hydrogens is 335 g/mol. The molecule has 9 heteroatoms. The van der Waals surface area contributed by atoms with Crippen LogP contribution >= 0.6 is 0 Å². The second-order valence-electron chi connectivity index (χ2n) is 5.72. The number of halogens is 5. The third kappa shape index (κ3) is 2.79. The Morgan fingerprint density at radius 2 is 2.00 bits per heavy atom. The third-order valence-electron chi connectivity index (χ3n) is 4.48. The number of alkyl halides is 5. The van der Waals surface area contributed by atoms with E-state index in [1.807, 2.05) is 0 Å². The summed E-state index contributed by atoms with van der Waals surface area (Å²) in [6, 6.07) is 3.92. The highest BCUT2D eigenvalue weighted by atomic mass is 19.4. The van der Waals surface area contributed by atoms with Gasteiger partial charge in [0.2, 0.25) is 5.88 Å². The molecule has 24 heavy (non-hydrogen) atoms. The van der Waals surface area contributed by atoms with E-state index in [9.17, 15) is 27.2 Å². The zero-order chi connectivity index (χ0) is 18.3. The number of nitrogens with zero attached hydrogens (tertiary/aromatic N) is 2. The number of nitriles is 1. The molecule has 0 radical (unpaired) electrons. The van der Waals surface area contributed by atoms with Crippen LogP contribution in [0.4, 0.5) is 22.0 Å². The van der Waals surface area contributed by atoms with Crippen molar-refractivity contribution in [1.82, 2.24) is 4.98 Å². The Kier molecular flexibility index (Phi) is 4.72. The van der Waals surface area contributed by atoms with Crippen LogP contribution in [0.3, 0.4) is 0 Å². The molecule has 0 spiro atoms. The van der Waals surface area contributed by atoms with Gasteiger partial charge >= 0.3 is 6.18 Å². The lowest BCUT2D eigenvalue weighted by Gasteiger charge is -2.31. The summed E-state index contributed by atoms with van der Waals surface area (Å²) in [5, 5.41) is 9.20. The summed E-state index contributed by atoms with van der Waals surface area (Å²) in [6.07, 6.45) is -8.95. The van der Waals surface area contributed by atoms with Crippen LogP contribution in [0.2, 0.25) is 0 Å². The predicted octanol–water partition coefficient (Wildman–Crippen LogP) is 3.99. The lowest BCUT2D eigenvalue weighted by atomic mass is 9.78. The summed E-state index contributed by atoms with van der Waals surface area (Å²) in [7, 11) is 1.17. The summed E-state index contributed by atoms with van der Waals surface area (Å²) < 4.78 is 75.5. The quantitative estimate of drug-likeness (QED) is 0.774. The second-order valence-corrected chi connectivity index (χ2v) is 5.72. The van der Waals surface area contributed by atoms with E-state index in [4.69, 9.17) is 9.47 Å². The highest BCUT2D eigenvalue weighted by molar-refractivity contribution is 5.37. The molecule has 0 amide bonds. The molecule has 1 fully saturated rings. The number of rotatable bonds is 3. The van der Waals surface area contributed by atoms with Crippen LogP contribution in [0.25, 0.3) is 0 Å². The van der Waals surface area contributed by atoms with E-state index in [1.54, 1.807) is 6.07 Å². The minimum atomic E-state index is -4.69. The van der Waals surface area contributed by atoms with Crippen molar-refractivity contribution >= 4 is 0 Å². The number of aromatic nitrogens is 1. The zero-order valence-electron chi connectivity index (χ0n) is 13.1. The number of ether oxygens (including phenoxy) is 2. The van der Waals surface area contributed by atoms with Crippen LogP contribution in [-0.4, -0.2) is 30.0 Å². The van der Waals surface area contributed by atoms with Crippen molar-refractivity contribution in [1.29, 1.82) is 5.26 Å². The minimum absolute atomic E-state index is 0.133. The van der Waals surface area contributed by atoms with Crippen LogP contribution in [-0.2, 0) is 4.74 Å². The van der Waals surface area contributed by atoms with Crippen molar-refractivity contribution < 1.29 is 31.4 Å². The monoisotopic (exact) mass is 350 g/mol. The SMILES string of the molecule is COc1nc(C(F)F)ccc1[C@H]1C(C#N)O[C@@](C)(C(F)(F)F)[C@H]1C. The smallest absolute Gasteiger partial charge is 0.417 e. The predicted molar refractivity (Wildman–Crippen MR) is 72.6 cm³/mol. The van der Waals surface area contributed by atoms with E-state index in [-0.39, 0.29) is 11.4 Å². The molecule has 2 heterocycles. The summed E-state index contributed by atoms with van der Waals surface area (Å²) in [4.78, 5) is 3.63. The number of methoxy groups -OCH3 is 1. The molecule has 0 bridgehead atoms. The first-order valence-corrected chi connectivity index (χ1v) is 7.04. The second kappa shape index (κ2) is 6.16. The maximum Gasteiger partial charge on any atom is 0.417 e. The van der Waals surface area contributed by atoms with E-state index < -0.39 is 41.8 Å². The maximum atomic E-state index is 13.4. The van der Waals surface area contributed by atoms with Crippen LogP contribution in [0.5, 0.6) is 5.88 Å². The molecule has 1 aliphatic heterocycles. The minimum Gasteiger partial charge on any atom is -0.481 e. The maximum absolute atomic E-state index is 13.4. The van der Waals surface area contributed by atoms with Crippen molar-refractivity contribution in [2.24, 2.45) is 5.92 Å². The molecule has 4 atom stereocenters. The molecular formula is C15H15F5N2O2. The molecule has 2 rings (SSSR count). The van der Waals surface area contributed by atoms with Crippen molar-refractivity contribution in [2.75, 3.05) is 7.11 Å². The lowest BCUT2D eigenvalue weighted by molar-refractivity contribution is -0.270. The Labute approximate surface area is 135 Å². The molecule has 0 aromatic carbocycles. The first-order chi connectivity index (χ1) is 11.1. The summed E-state index contributed by atoms with van der Waals surface area (Å²) in [5.41, 5.74) is -2.96. The Hall–Kier alpha value is -1.95. The Balaban J connectivity index is 2.53. The Morgan fingerprint density at radius 3 is 2.46 bits per heavy atom. The zero-order valence-corrected chi connectivity index (χ0v) is 13.1. The average molecular weight is 350 g/mol. The van der Waals surface area contributed by atoms with Gasteiger partial charge in [0.15, 0.2) is 11.7 Å². The molecule has 0 N–H and O–H groups in total. The molecule has 1 aromatic rings. The Bertz CT molecular complexity index is 658. The van der Waals surface area contributed by atoms with Crippen LogP contribution in [0, 0.1) is 17.2 Å². The molecule has 1 unspecified atom stereocenters. The highest BCUT2D eigenvalue weighted by Crippen LogP contribution is 2.54. The van der Waals surface area contributed by atoms with Crippen molar-refractivity contribution in [3.05, 3.63) is 23.4 Å². The fourth-order valence-corrected chi connectivity index (χ4v) is 2.92. The van der Waals surface area contributed by atoms with E-state index >= 15 is 0 Å². The average Bonchev–Trinajstić information content (AvgIpc) is 2.78. The van der Waals surface area contributed by atoms with E-state index in [2.05, 4.69) is 4.98 Å². The Morgan fingerprint density at radius 1 is 1.38 bits per heavy atom. The van der Waals surface area contributed by atoms with Crippen molar-refractivity contribution in [3.63, 3.8) is 0 Å². The van der Waals surface area contributed by atoms with Gasteiger partial charge in [0, 0.05) is 17.4 Å². The van der Waals surface area contributed by atoms with Crippen molar-refractivity contribution in [3.8, 4) is 11.9 Å². The summed E-state index contributed by atoms with van der Waals surface area (Å²) in [5.74, 6) is -2.40. The van der Waals surface area contributed by atoms with Gasteiger partial charge in [0.25, 0.3) is 6.43 Å². The molecule has 0 saturated carbocycles. The fraction of sp³-hybridized carbons (Fsp3) is 0.600. The largest absolute Gasteiger partial charge is 0.481 e. The summed E-state index contributed by atoms with van der Waals surface area (Å²) >= 11 is 0. The molecule has 1 aliphatic rings. The first-order valence-electron chi connectivity index (χ1n) is 7.04. The number of hydrogen-bond acceptors (Lipinski definition) is 4. The van der Waals surface area contributed by atoms with E-state index in [1.165, 1.54) is 20.1 Å². The van der Waals surface area contributed by atoms with E-state index in [0.717, 1.165) is 13.0 Å².